The summed E-state index contributed by atoms with van der Waals surface area (Å²) in [5.41, 5.74) is -0.220. The van der Waals surface area contributed by atoms with E-state index in [1.165, 1.54) is 0 Å². The fraction of sp³-hybridized carbons (Fsp3) is 0.722. The van der Waals surface area contributed by atoms with E-state index in [0.717, 1.165) is 51.6 Å². The average molecular weight is 331 g/mol. The molecule has 24 heavy (non-hydrogen) atoms. The molecular weight excluding hydrogens is 306 g/mol. The Bertz CT molecular complexity index is 595. The molecule has 0 bridgehead atoms. The Morgan fingerprint density at radius 3 is 2.75 bits per heavy atom. The number of ether oxygens (including phenoxy) is 2. The van der Waals surface area contributed by atoms with Crippen molar-refractivity contribution < 1.29 is 14.3 Å². The van der Waals surface area contributed by atoms with Crippen molar-refractivity contribution >= 4 is 5.91 Å². The minimum atomic E-state index is -0.146. The number of nitrogens with zero attached hydrogens (tertiary/aromatic N) is 3. The van der Waals surface area contributed by atoms with Gasteiger partial charge in [-0.05, 0) is 25.7 Å². The van der Waals surface area contributed by atoms with Crippen molar-refractivity contribution in [3.05, 3.63) is 18.6 Å². The van der Waals surface area contributed by atoms with Gasteiger partial charge in [-0.1, -0.05) is 6.92 Å². The van der Waals surface area contributed by atoms with E-state index < -0.39 is 0 Å². The molecule has 0 radical (unpaired) electrons. The third-order valence-electron chi connectivity index (χ3n) is 5.75. The molecule has 1 amide bonds. The van der Waals surface area contributed by atoms with E-state index in [2.05, 4.69) is 16.9 Å². The predicted molar refractivity (Wildman–Crippen MR) is 87.5 cm³/mol. The maximum Gasteiger partial charge on any atom is 0.232 e. The van der Waals surface area contributed by atoms with Crippen LogP contribution in [0.25, 0.3) is 0 Å². The molecule has 3 fully saturated rings. The van der Waals surface area contributed by atoms with Gasteiger partial charge in [0.15, 0.2) is 0 Å². The summed E-state index contributed by atoms with van der Waals surface area (Å²) in [4.78, 5) is 22.8. The van der Waals surface area contributed by atoms with E-state index in [-0.39, 0.29) is 17.1 Å². The Hall–Kier alpha value is -1.69. The molecule has 1 aromatic rings. The predicted octanol–water partition coefficient (Wildman–Crippen LogP) is 2.20. The highest BCUT2D eigenvalue weighted by Gasteiger charge is 2.49. The van der Waals surface area contributed by atoms with E-state index in [4.69, 9.17) is 9.47 Å². The molecule has 0 aromatic carbocycles. The molecule has 3 aliphatic rings. The lowest BCUT2D eigenvalue weighted by atomic mass is 9.83. The number of hydrogen-bond donors (Lipinski definition) is 0. The lowest BCUT2D eigenvalue weighted by Gasteiger charge is -2.46. The highest BCUT2D eigenvalue weighted by Crippen LogP contribution is 2.47. The first-order valence-corrected chi connectivity index (χ1v) is 8.95. The Labute approximate surface area is 142 Å². The molecule has 2 aliphatic heterocycles. The van der Waals surface area contributed by atoms with Gasteiger partial charge < -0.3 is 14.4 Å². The third kappa shape index (κ3) is 3.11. The number of amides is 1. The van der Waals surface area contributed by atoms with E-state index in [1.807, 2.05) is 4.90 Å². The SMILES string of the molecule is CC1(C(=O)N2CCC3(CC2)CC(Oc2cnccn2)CCO3)CC1. The summed E-state index contributed by atoms with van der Waals surface area (Å²) in [7, 11) is 0. The summed E-state index contributed by atoms with van der Waals surface area (Å²) in [6.45, 7) is 4.39. The van der Waals surface area contributed by atoms with Crippen molar-refractivity contribution in [1.82, 2.24) is 14.9 Å². The van der Waals surface area contributed by atoms with Crippen molar-refractivity contribution in [3.8, 4) is 5.88 Å². The number of piperidine rings is 1. The summed E-state index contributed by atoms with van der Waals surface area (Å²) in [6.07, 6.45) is 10.7. The van der Waals surface area contributed by atoms with Gasteiger partial charge in [0.2, 0.25) is 11.8 Å². The lowest BCUT2D eigenvalue weighted by Crippen LogP contribution is -2.53. The molecular formula is C18H25N3O3. The van der Waals surface area contributed by atoms with Crippen LogP contribution in [0, 0.1) is 5.41 Å². The topological polar surface area (TPSA) is 64.6 Å². The standard InChI is InChI=1S/C18H25N3O3/c1-17(3-4-17)16(22)21-9-5-18(6-10-21)12-14(2-11-23-18)24-15-13-19-7-8-20-15/h7-8,13-14H,2-6,9-12H2,1H3. The quantitative estimate of drug-likeness (QED) is 0.849. The monoisotopic (exact) mass is 331 g/mol. The highest BCUT2D eigenvalue weighted by atomic mass is 16.5. The molecule has 1 unspecified atom stereocenters. The van der Waals surface area contributed by atoms with Crippen LogP contribution in [0.2, 0.25) is 0 Å². The third-order valence-corrected chi connectivity index (χ3v) is 5.75. The zero-order valence-electron chi connectivity index (χ0n) is 14.2. The molecule has 130 valence electrons. The fourth-order valence-corrected chi connectivity index (χ4v) is 3.85. The first-order chi connectivity index (χ1) is 11.6. The molecule has 3 heterocycles. The van der Waals surface area contributed by atoms with Crippen LogP contribution in [-0.4, -0.2) is 52.2 Å². The molecule has 6 nitrogen and oxygen atoms in total. The fourth-order valence-electron chi connectivity index (χ4n) is 3.85. The van der Waals surface area contributed by atoms with Crippen molar-refractivity contribution in [2.45, 2.75) is 57.2 Å². The largest absolute Gasteiger partial charge is 0.473 e. The Balaban J connectivity index is 1.35. The van der Waals surface area contributed by atoms with Gasteiger partial charge in [0.1, 0.15) is 6.10 Å². The van der Waals surface area contributed by atoms with E-state index in [0.29, 0.717) is 18.4 Å². The number of hydrogen-bond acceptors (Lipinski definition) is 5. The number of rotatable bonds is 3. The zero-order chi connectivity index (χ0) is 16.6. The van der Waals surface area contributed by atoms with Gasteiger partial charge in [0, 0.05) is 43.7 Å². The molecule has 1 saturated carbocycles. The molecule has 0 N–H and O–H groups in total. The van der Waals surface area contributed by atoms with Gasteiger partial charge in [-0.3, -0.25) is 9.78 Å². The maximum absolute atomic E-state index is 12.5. The van der Waals surface area contributed by atoms with Crippen LogP contribution in [-0.2, 0) is 9.53 Å². The van der Waals surface area contributed by atoms with Gasteiger partial charge in [0.25, 0.3) is 0 Å². The summed E-state index contributed by atoms with van der Waals surface area (Å²) in [6, 6.07) is 0. The lowest BCUT2D eigenvalue weighted by molar-refractivity contribution is -0.155. The van der Waals surface area contributed by atoms with Crippen LogP contribution in [0.15, 0.2) is 18.6 Å². The van der Waals surface area contributed by atoms with Crippen LogP contribution >= 0.6 is 0 Å². The first kappa shape index (κ1) is 15.8. The first-order valence-electron chi connectivity index (χ1n) is 8.95. The Morgan fingerprint density at radius 2 is 2.08 bits per heavy atom. The summed E-state index contributed by atoms with van der Waals surface area (Å²) >= 11 is 0. The minimum Gasteiger partial charge on any atom is -0.473 e. The number of aromatic nitrogens is 2. The molecule has 1 aliphatic carbocycles. The number of carbonyl (C=O) groups excluding carboxylic acids is 1. The normalized spacial score (nSPS) is 27.7. The Morgan fingerprint density at radius 1 is 1.29 bits per heavy atom. The van der Waals surface area contributed by atoms with Crippen molar-refractivity contribution in [2.24, 2.45) is 5.41 Å². The molecule has 6 heteroatoms. The zero-order valence-corrected chi connectivity index (χ0v) is 14.2. The smallest absolute Gasteiger partial charge is 0.232 e. The van der Waals surface area contributed by atoms with Gasteiger partial charge in [-0.25, -0.2) is 4.98 Å². The van der Waals surface area contributed by atoms with Crippen molar-refractivity contribution in [2.75, 3.05) is 19.7 Å². The second kappa shape index (κ2) is 5.99. The summed E-state index contributed by atoms with van der Waals surface area (Å²) in [5, 5.41) is 0. The van der Waals surface area contributed by atoms with E-state index in [1.54, 1.807) is 18.6 Å². The molecule has 1 spiro atoms. The van der Waals surface area contributed by atoms with Gasteiger partial charge in [-0.15, -0.1) is 0 Å². The van der Waals surface area contributed by atoms with Crippen LogP contribution in [0.3, 0.4) is 0 Å². The van der Waals surface area contributed by atoms with E-state index >= 15 is 0 Å². The number of likely N-dealkylation sites (tertiary alicyclic amines) is 1. The minimum absolute atomic E-state index is 0.0739. The second-order valence-corrected chi connectivity index (χ2v) is 7.66. The maximum atomic E-state index is 12.5. The average Bonchev–Trinajstić information content (AvgIpc) is 3.35. The molecule has 2 saturated heterocycles. The van der Waals surface area contributed by atoms with E-state index in [9.17, 15) is 4.79 Å². The van der Waals surface area contributed by atoms with Gasteiger partial charge >= 0.3 is 0 Å². The van der Waals surface area contributed by atoms with Crippen LogP contribution in [0.1, 0.15) is 45.4 Å². The summed E-state index contributed by atoms with van der Waals surface area (Å²) < 4.78 is 12.1. The molecule has 4 rings (SSSR count). The summed E-state index contributed by atoms with van der Waals surface area (Å²) in [5.74, 6) is 0.911. The molecule has 1 atom stereocenters. The molecule has 1 aromatic heterocycles. The highest BCUT2D eigenvalue weighted by molar-refractivity contribution is 5.85. The Kier molecular flexibility index (Phi) is 3.95. The van der Waals surface area contributed by atoms with Crippen LogP contribution in [0.4, 0.5) is 0 Å². The van der Waals surface area contributed by atoms with Crippen molar-refractivity contribution in [1.29, 1.82) is 0 Å². The number of carbonyl (C=O) groups is 1. The second-order valence-electron chi connectivity index (χ2n) is 7.66. The van der Waals surface area contributed by atoms with Gasteiger partial charge in [-0.2, -0.15) is 0 Å². The van der Waals surface area contributed by atoms with Crippen LogP contribution < -0.4 is 4.74 Å². The van der Waals surface area contributed by atoms with Gasteiger partial charge in [0.05, 0.1) is 18.4 Å². The van der Waals surface area contributed by atoms with Crippen molar-refractivity contribution in [3.63, 3.8) is 0 Å². The van der Waals surface area contributed by atoms with Crippen LogP contribution in [0.5, 0.6) is 5.88 Å².